The van der Waals surface area contributed by atoms with Crippen LogP contribution in [0.4, 0.5) is 5.69 Å². The molecule has 0 aliphatic rings. The van der Waals surface area contributed by atoms with Crippen molar-refractivity contribution in [3.8, 4) is 0 Å². The molecule has 0 saturated heterocycles. The standard InChI is InChI=1S/C21H23N3O3S/c1-3-12-24(15-21(25)23-18-8-4-6-16(2)13-18)28(26,27)20-9-5-7-17-14-22-11-10-19(17)20/h4-11,13-14H,3,12,15H2,1-2H3,(H,23,25). The normalized spacial score (nSPS) is 11.7. The monoisotopic (exact) mass is 397 g/mol. The summed E-state index contributed by atoms with van der Waals surface area (Å²) in [5.41, 5.74) is 1.66. The minimum atomic E-state index is -3.84. The van der Waals surface area contributed by atoms with Crippen molar-refractivity contribution < 1.29 is 13.2 Å². The van der Waals surface area contributed by atoms with Crippen LogP contribution in [0.5, 0.6) is 0 Å². The number of amides is 1. The van der Waals surface area contributed by atoms with E-state index in [0.717, 1.165) is 10.9 Å². The Morgan fingerprint density at radius 3 is 2.68 bits per heavy atom. The van der Waals surface area contributed by atoms with E-state index in [9.17, 15) is 13.2 Å². The van der Waals surface area contributed by atoms with E-state index in [1.807, 2.05) is 38.1 Å². The van der Waals surface area contributed by atoms with E-state index in [2.05, 4.69) is 10.3 Å². The molecule has 6 nitrogen and oxygen atoms in total. The number of sulfonamides is 1. The van der Waals surface area contributed by atoms with E-state index in [0.29, 0.717) is 17.5 Å². The fourth-order valence-corrected chi connectivity index (χ4v) is 4.78. The number of pyridine rings is 1. The number of carbonyl (C=O) groups is 1. The average Bonchev–Trinajstić information content (AvgIpc) is 2.67. The van der Waals surface area contributed by atoms with E-state index in [1.165, 1.54) is 4.31 Å². The van der Waals surface area contributed by atoms with Gasteiger partial charge in [0.25, 0.3) is 0 Å². The summed E-state index contributed by atoms with van der Waals surface area (Å²) in [4.78, 5) is 16.8. The number of hydrogen-bond donors (Lipinski definition) is 1. The molecular weight excluding hydrogens is 374 g/mol. The summed E-state index contributed by atoms with van der Waals surface area (Å²) < 4.78 is 27.8. The second kappa shape index (κ2) is 8.50. The first-order valence-corrected chi connectivity index (χ1v) is 10.5. The van der Waals surface area contributed by atoms with E-state index < -0.39 is 10.0 Å². The lowest BCUT2D eigenvalue weighted by Gasteiger charge is -2.22. The predicted octanol–water partition coefficient (Wildman–Crippen LogP) is 3.58. The lowest BCUT2D eigenvalue weighted by molar-refractivity contribution is -0.116. The predicted molar refractivity (Wildman–Crippen MR) is 111 cm³/mol. The second-order valence-corrected chi connectivity index (χ2v) is 8.52. The van der Waals surface area contributed by atoms with Crippen molar-refractivity contribution in [1.29, 1.82) is 0 Å². The van der Waals surface area contributed by atoms with Gasteiger partial charge in [0.2, 0.25) is 15.9 Å². The third kappa shape index (κ3) is 4.37. The van der Waals surface area contributed by atoms with Gasteiger partial charge < -0.3 is 5.32 Å². The minimum Gasteiger partial charge on any atom is -0.325 e. The van der Waals surface area contributed by atoms with Gasteiger partial charge in [-0.15, -0.1) is 0 Å². The maximum atomic E-state index is 13.3. The maximum Gasteiger partial charge on any atom is 0.244 e. The Morgan fingerprint density at radius 1 is 1.14 bits per heavy atom. The fourth-order valence-electron chi connectivity index (χ4n) is 3.07. The largest absolute Gasteiger partial charge is 0.325 e. The molecular formula is C21H23N3O3S. The van der Waals surface area contributed by atoms with Crippen molar-refractivity contribution in [3.63, 3.8) is 0 Å². The molecule has 0 unspecified atom stereocenters. The molecule has 2 aromatic carbocycles. The molecule has 7 heteroatoms. The van der Waals surface area contributed by atoms with Crippen molar-refractivity contribution in [2.45, 2.75) is 25.2 Å². The second-order valence-electron chi connectivity index (χ2n) is 6.61. The van der Waals surface area contributed by atoms with Crippen LogP contribution in [0.2, 0.25) is 0 Å². The lowest BCUT2D eigenvalue weighted by Crippen LogP contribution is -2.38. The Bertz CT molecular complexity index is 1090. The van der Waals surface area contributed by atoms with Gasteiger partial charge in [0, 0.05) is 35.4 Å². The fraction of sp³-hybridized carbons (Fsp3) is 0.238. The van der Waals surface area contributed by atoms with E-state index in [-0.39, 0.29) is 23.9 Å². The van der Waals surface area contributed by atoms with Gasteiger partial charge in [0.1, 0.15) is 0 Å². The molecule has 0 spiro atoms. The van der Waals surface area contributed by atoms with Crippen LogP contribution >= 0.6 is 0 Å². The summed E-state index contributed by atoms with van der Waals surface area (Å²) in [5.74, 6) is -0.371. The van der Waals surface area contributed by atoms with E-state index in [4.69, 9.17) is 0 Å². The SMILES string of the molecule is CCCN(CC(=O)Nc1cccc(C)c1)S(=O)(=O)c1cccc2cnccc12. The molecule has 1 amide bonds. The van der Waals surface area contributed by atoms with Gasteiger partial charge in [-0.25, -0.2) is 8.42 Å². The van der Waals surface area contributed by atoms with Crippen molar-refractivity contribution >= 4 is 32.4 Å². The third-order valence-electron chi connectivity index (χ3n) is 4.35. The molecule has 0 aliphatic heterocycles. The van der Waals surface area contributed by atoms with Crippen LogP contribution in [0.15, 0.2) is 65.8 Å². The number of aromatic nitrogens is 1. The van der Waals surface area contributed by atoms with Gasteiger partial charge in [0.05, 0.1) is 11.4 Å². The van der Waals surface area contributed by atoms with E-state index in [1.54, 1.807) is 36.7 Å². The Morgan fingerprint density at radius 2 is 1.93 bits per heavy atom. The summed E-state index contributed by atoms with van der Waals surface area (Å²) in [5, 5.41) is 4.11. The van der Waals surface area contributed by atoms with Gasteiger partial charge >= 0.3 is 0 Å². The molecule has 0 radical (unpaired) electrons. The molecule has 0 saturated carbocycles. The highest BCUT2D eigenvalue weighted by atomic mass is 32.2. The summed E-state index contributed by atoms with van der Waals surface area (Å²) in [6.07, 6.45) is 3.79. The van der Waals surface area contributed by atoms with Crippen molar-refractivity contribution in [2.24, 2.45) is 0 Å². The number of rotatable bonds is 7. The number of carbonyl (C=O) groups excluding carboxylic acids is 1. The molecule has 3 rings (SSSR count). The first-order valence-electron chi connectivity index (χ1n) is 9.11. The Kier molecular flexibility index (Phi) is 6.06. The van der Waals surface area contributed by atoms with Crippen LogP contribution in [-0.4, -0.2) is 36.7 Å². The van der Waals surface area contributed by atoms with Gasteiger partial charge in [-0.3, -0.25) is 9.78 Å². The van der Waals surface area contributed by atoms with Crippen molar-refractivity contribution in [3.05, 3.63) is 66.5 Å². The Hall–Kier alpha value is -2.77. The molecule has 0 fully saturated rings. The van der Waals surface area contributed by atoms with Crippen molar-refractivity contribution in [1.82, 2.24) is 9.29 Å². The molecule has 1 N–H and O–H groups in total. The highest BCUT2D eigenvalue weighted by Crippen LogP contribution is 2.25. The van der Waals surface area contributed by atoms with Gasteiger partial charge in [-0.2, -0.15) is 4.31 Å². The summed E-state index contributed by atoms with van der Waals surface area (Å²) in [7, 11) is -3.84. The van der Waals surface area contributed by atoms with Gasteiger partial charge in [0.15, 0.2) is 0 Å². The number of nitrogens with one attached hydrogen (secondary N) is 1. The van der Waals surface area contributed by atoms with E-state index >= 15 is 0 Å². The number of hydrogen-bond acceptors (Lipinski definition) is 4. The molecule has 0 bridgehead atoms. The number of aryl methyl sites for hydroxylation is 1. The number of fused-ring (bicyclic) bond motifs is 1. The zero-order valence-corrected chi connectivity index (χ0v) is 16.7. The third-order valence-corrected chi connectivity index (χ3v) is 6.26. The molecule has 1 heterocycles. The van der Waals surface area contributed by atoms with Crippen LogP contribution < -0.4 is 5.32 Å². The lowest BCUT2D eigenvalue weighted by atomic mass is 10.2. The Labute approximate surface area is 165 Å². The molecule has 0 aliphatic carbocycles. The van der Waals surface area contributed by atoms with Crippen LogP contribution in [0, 0.1) is 6.92 Å². The van der Waals surface area contributed by atoms with Crippen molar-refractivity contribution in [2.75, 3.05) is 18.4 Å². The summed E-state index contributed by atoms with van der Waals surface area (Å²) in [6, 6.07) is 14.1. The van der Waals surface area contributed by atoms with Crippen LogP contribution in [0.25, 0.3) is 10.8 Å². The van der Waals surface area contributed by atoms with Crippen LogP contribution in [0.3, 0.4) is 0 Å². The summed E-state index contributed by atoms with van der Waals surface area (Å²) >= 11 is 0. The molecule has 3 aromatic rings. The first kappa shape index (κ1) is 20.0. The highest BCUT2D eigenvalue weighted by Gasteiger charge is 2.27. The topological polar surface area (TPSA) is 79.4 Å². The number of anilines is 1. The average molecular weight is 398 g/mol. The van der Waals surface area contributed by atoms with Gasteiger partial charge in [-0.1, -0.05) is 31.2 Å². The van der Waals surface area contributed by atoms with Crippen LogP contribution in [0.1, 0.15) is 18.9 Å². The van der Waals surface area contributed by atoms with Gasteiger partial charge in [-0.05, 0) is 43.2 Å². The molecule has 28 heavy (non-hydrogen) atoms. The molecule has 0 atom stereocenters. The first-order chi connectivity index (χ1) is 13.4. The summed E-state index contributed by atoms with van der Waals surface area (Å²) in [6.45, 7) is 3.82. The zero-order chi connectivity index (χ0) is 20.1. The Balaban J connectivity index is 1.89. The smallest absolute Gasteiger partial charge is 0.244 e. The number of nitrogens with zero attached hydrogens (tertiary/aromatic N) is 2. The molecule has 146 valence electrons. The minimum absolute atomic E-state index is 0.184. The molecule has 1 aromatic heterocycles. The van der Waals surface area contributed by atoms with Crippen LogP contribution in [-0.2, 0) is 14.8 Å². The quantitative estimate of drug-likeness (QED) is 0.661. The zero-order valence-electron chi connectivity index (χ0n) is 15.9. The highest BCUT2D eigenvalue weighted by molar-refractivity contribution is 7.89. The maximum absolute atomic E-state index is 13.3. The number of benzene rings is 2.